The van der Waals surface area contributed by atoms with Gasteiger partial charge < -0.3 is 5.73 Å². The topological polar surface area (TPSA) is 43.1 Å². The fourth-order valence-electron chi connectivity index (χ4n) is 0.285. The fourth-order valence-corrected chi connectivity index (χ4v) is 0.285. The number of rotatable bonds is 3. The highest BCUT2D eigenvalue weighted by molar-refractivity contribution is 5.84. The fraction of sp³-hybridized carbons (Fsp3) is 0.286. The van der Waals surface area contributed by atoms with Crippen molar-refractivity contribution in [3.8, 4) is 0 Å². The van der Waals surface area contributed by atoms with Gasteiger partial charge in [-0.1, -0.05) is 12.2 Å². The zero-order chi connectivity index (χ0) is 7.49. The van der Waals surface area contributed by atoms with Gasteiger partial charge in [-0.05, 0) is 6.92 Å². The molecule has 2 N–H and O–H groups in total. The highest BCUT2D eigenvalue weighted by Gasteiger charge is 2.21. The molecular formula is C7H11NO. The van der Waals surface area contributed by atoms with E-state index in [1.165, 1.54) is 12.2 Å². The smallest absolute Gasteiger partial charge is 0.231 e. The minimum Gasteiger partial charge on any atom is -0.369 e. The summed E-state index contributed by atoms with van der Waals surface area (Å²) in [5.41, 5.74) is 4.26. The first-order chi connectivity index (χ1) is 4.06. The van der Waals surface area contributed by atoms with Gasteiger partial charge in [-0.15, -0.1) is 13.2 Å². The number of carbonyl (C=O) groups excluding carboxylic acids is 1. The van der Waals surface area contributed by atoms with Gasteiger partial charge in [0.1, 0.15) is 0 Å². The lowest BCUT2D eigenvalue weighted by Crippen LogP contribution is -2.30. The molecule has 50 valence electrons. The van der Waals surface area contributed by atoms with Crippen molar-refractivity contribution >= 4 is 5.91 Å². The molecule has 0 fully saturated rings. The van der Waals surface area contributed by atoms with Gasteiger partial charge in [0.05, 0.1) is 5.41 Å². The highest BCUT2D eigenvalue weighted by atomic mass is 16.1. The zero-order valence-corrected chi connectivity index (χ0v) is 5.55. The summed E-state index contributed by atoms with van der Waals surface area (Å²) in [5, 5.41) is 0. The van der Waals surface area contributed by atoms with Gasteiger partial charge in [-0.3, -0.25) is 4.79 Å². The van der Waals surface area contributed by atoms with E-state index in [9.17, 15) is 4.79 Å². The van der Waals surface area contributed by atoms with E-state index in [0.717, 1.165) is 0 Å². The Balaban J connectivity index is 4.46. The first-order valence-corrected chi connectivity index (χ1v) is 2.64. The van der Waals surface area contributed by atoms with Gasteiger partial charge in [-0.2, -0.15) is 0 Å². The third-order valence-corrected chi connectivity index (χ3v) is 1.38. The van der Waals surface area contributed by atoms with E-state index in [0.29, 0.717) is 0 Å². The lowest BCUT2D eigenvalue weighted by molar-refractivity contribution is -0.122. The SMILES string of the molecule is C=CC(C)(C=C)C(N)=O. The van der Waals surface area contributed by atoms with Crippen LogP contribution < -0.4 is 5.73 Å². The Bertz CT molecular complexity index is 141. The Morgan fingerprint density at radius 1 is 1.56 bits per heavy atom. The maximum atomic E-state index is 10.6. The van der Waals surface area contributed by atoms with E-state index in [4.69, 9.17) is 5.73 Å². The van der Waals surface area contributed by atoms with E-state index in [-0.39, 0.29) is 0 Å². The molecule has 1 amide bonds. The maximum absolute atomic E-state index is 10.6. The Morgan fingerprint density at radius 3 is 1.89 bits per heavy atom. The Morgan fingerprint density at radius 2 is 1.89 bits per heavy atom. The van der Waals surface area contributed by atoms with Crippen LogP contribution in [0.4, 0.5) is 0 Å². The molecule has 0 rings (SSSR count). The summed E-state index contributed by atoms with van der Waals surface area (Å²) in [5.74, 6) is -0.424. The summed E-state index contributed by atoms with van der Waals surface area (Å²) in [6.45, 7) is 8.57. The van der Waals surface area contributed by atoms with Gasteiger partial charge in [-0.25, -0.2) is 0 Å². The molecule has 0 aliphatic carbocycles. The van der Waals surface area contributed by atoms with Crippen LogP contribution in [0.2, 0.25) is 0 Å². The molecule has 0 aliphatic rings. The molecule has 0 aliphatic heterocycles. The van der Waals surface area contributed by atoms with E-state index in [1.807, 2.05) is 0 Å². The summed E-state index contributed by atoms with van der Waals surface area (Å²) >= 11 is 0. The molecule has 0 bridgehead atoms. The quantitative estimate of drug-likeness (QED) is 0.558. The van der Waals surface area contributed by atoms with Crippen molar-refractivity contribution in [1.29, 1.82) is 0 Å². The minimum absolute atomic E-state index is 0.424. The van der Waals surface area contributed by atoms with Crippen molar-refractivity contribution < 1.29 is 4.79 Å². The van der Waals surface area contributed by atoms with E-state index >= 15 is 0 Å². The third-order valence-electron chi connectivity index (χ3n) is 1.38. The van der Waals surface area contributed by atoms with Crippen LogP contribution in [0.25, 0.3) is 0 Å². The molecule has 0 aromatic rings. The molecule has 0 saturated heterocycles. The number of amides is 1. The molecule has 0 unspecified atom stereocenters. The average Bonchev–Trinajstić information content (AvgIpc) is 1.86. The van der Waals surface area contributed by atoms with Crippen LogP contribution in [-0.2, 0) is 4.79 Å². The second-order valence-electron chi connectivity index (χ2n) is 2.06. The number of nitrogens with two attached hydrogens (primary N) is 1. The predicted octanol–water partition coefficient (Wildman–Crippen LogP) is 0.850. The molecule has 0 heterocycles. The van der Waals surface area contributed by atoms with Crippen LogP contribution in [0.3, 0.4) is 0 Å². The summed E-state index contributed by atoms with van der Waals surface area (Å²) in [7, 11) is 0. The van der Waals surface area contributed by atoms with Crippen LogP contribution in [0.1, 0.15) is 6.92 Å². The molecule has 0 aromatic heterocycles. The molecule has 0 aromatic carbocycles. The van der Waals surface area contributed by atoms with Gasteiger partial charge in [0, 0.05) is 0 Å². The van der Waals surface area contributed by atoms with Crippen LogP contribution in [0.5, 0.6) is 0 Å². The lowest BCUT2D eigenvalue weighted by atomic mass is 9.91. The molecule has 2 nitrogen and oxygen atoms in total. The number of hydrogen-bond donors (Lipinski definition) is 1. The van der Waals surface area contributed by atoms with E-state index in [1.54, 1.807) is 6.92 Å². The molecule has 0 spiro atoms. The second kappa shape index (κ2) is 2.49. The second-order valence-corrected chi connectivity index (χ2v) is 2.06. The maximum Gasteiger partial charge on any atom is 0.231 e. The normalized spacial score (nSPS) is 10.3. The first-order valence-electron chi connectivity index (χ1n) is 2.64. The van der Waals surface area contributed by atoms with Crippen molar-refractivity contribution in [2.45, 2.75) is 6.92 Å². The van der Waals surface area contributed by atoms with Gasteiger partial charge in [0.25, 0.3) is 0 Å². The average molecular weight is 125 g/mol. The molecular weight excluding hydrogens is 114 g/mol. The standard InChI is InChI=1S/C7H11NO/c1-4-7(3,5-2)6(8)9/h4-5H,1-2H2,3H3,(H2,8,9). The van der Waals surface area contributed by atoms with Crippen LogP contribution in [0.15, 0.2) is 25.3 Å². The minimum atomic E-state index is -0.750. The van der Waals surface area contributed by atoms with E-state index < -0.39 is 11.3 Å². The van der Waals surface area contributed by atoms with Crippen LogP contribution in [0, 0.1) is 5.41 Å². The molecule has 0 saturated carbocycles. The lowest BCUT2D eigenvalue weighted by Gasteiger charge is -2.14. The monoisotopic (exact) mass is 125 g/mol. The van der Waals surface area contributed by atoms with Gasteiger partial charge in [0.2, 0.25) is 5.91 Å². The summed E-state index contributed by atoms with van der Waals surface area (Å²) < 4.78 is 0. The summed E-state index contributed by atoms with van der Waals surface area (Å²) in [6, 6.07) is 0. The summed E-state index contributed by atoms with van der Waals surface area (Å²) in [6.07, 6.45) is 2.95. The Hall–Kier alpha value is -1.05. The van der Waals surface area contributed by atoms with Crippen molar-refractivity contribution in [3.63, 3.8) is 0 Å². The Labute approximate surface area is 55.1 Å². The predicted molar refractivity (Wildman–Crippen MR) is 37.7 cm³/mol. The molecule has 9 heavy (non-hydrogen) atoms. The molecule has 2 heteroatoms. The van der Waals surface area contributed by atoms with Gasteiger partial charge >= 0.3 is 0 Å². The number of carbonyl (C=O) groups is 1. The van der Waals surface area contributed by atoms with Crippen LogP contribution in [-0.4, -0.2) is 5.91 Å². The third kappa shape index (κ3) is 1.42. The van der Waals surface area contributed by atoms with Crippen molar-refractivity contribution in [2.24, 2.45) is 11.1 Å². The zero-order valence-electron chi connectivity index (χ0n) is 5.55. The molecule has 0 atom stereocenters. The first kappa shape index (κ1) is 7.95. The summed E-state index contributed by atoms with van der Waals surface area (Å²) in [4.78, 5) is 10.6. The van der Waals surface area contributed by atoms with E-state index in [2.05, 4.69) is 13.2 Å². The van der Waals surface area contributed by atoms with Crippen molar-refractivity contribution in [2.75, 3.05) is 0 Å². The number of primary amides is 1. The largest absolute Gasteiger partial charge is 0.369 e. The van der Waals surface area contributed by atoms with Crippen molar-refractivity contribution in [1.82, 2.24) is 0 Å². The molecule has 0 radical (unpaired) electrons. The van der Waals surface area contributed by atoms with Crippen LogP contribution >= 0.6 is 0 Å². The number of hydrogen-bond acceptors (Lipinski definition) is 1. The van der Waals surface area contributed by atoms with Gasteiger partial charge in [0.15, 0.2) is 0 Å². The highest BCUT2D eigenvalue weighted by Crippen LogP contribution is 2.16. The van der Waals surface area contributed by atoms with Crippen molar-refractivity contribution in [3.05, 3.63) is 25.3 Å². The Kier molecular flexibility index (Phi) is 2.20.